The number of halogens is 3. The molecule has 208 valence electrons. The van der Waals surface area contributed by atoms with E-state index in [-0.39, 0.29) is 46.8 Å². The van der Waals surface area contributed by atoms with Crippen LogP contribution in [0.15, 0.2) is 54.7 Å². The Hall–Kier alpha value is -3.58. The summed E-state index contributed by atoms with van der Waals surface area (Å²) in [5.74, 6) is -2.45. The predicted molar refractivity (Wildman–Crippen MR) is 154 cm³/mol. The van der Waals surface area contributed by atoms with Gasteiger partial charge >= 0.3 is 0 Å². The van der Waals surface area contributed by atoms with E-state index in [4.69, 9.17) is 11.6 Å². The summed E-state index contributed by atoms with van der Waals surface area (Å²) in [7, 11) is 0. The molecule has 3 aromatic rings. The Morgan fingerprint density at radius 3 is 2.58 bits per heavy atom. The molecule has 1 aromatic heterocycles. The number of hydrogen-bond donors (Lipinski definition) is 1. The number of aromatic nitrogens is 1. The van der Waals surface area contributed by atoms with Crippen molar-refractivity contribution in [2.24, 2.45) is 11.8 Å². The third-order valence-electron chi connectivity index (χ3n) is 7.95. The van der Waals surface area contributed by atoms with Gasteiger partial charge in [-0.05, 0) is 72.7 Å². The second kappa shape index (κ2) is 11.5. The van der Waals surface area contributed by atoms with Crippen LogP contribution >= 0.6 is 11.6 Å². The highest BCUT2D eigenvalue weighted by atomic mass is 35.5. The molecule has 3 atom stereocenters. The number of carbonyl (C=O) groups is 2. The molecule has 2 aromatic carbocycles. The molecular formula is C32H32ClF2N3O2. The number of benzene rings is 2. The number of aryl methyl sites for hydroxylation is 1. The van der Waals surface area contributed by atoms with E-state index in [0.717, 1.165) is 47.0 Å². The molecule has 2 aliphatic heterocycles. The first-order chi connectivity index (χ1) is 19.1. The van der Waals surface area contributed by atoms with Crippen molar-refractivity contribution in [1.82, 2.24) is 9.88 Å². The lowest BCUT2D eigenvalue weighted by Crippen LogP contribution is -2.41. The zero-order valence-corrected chi connectivity index (χ0v) is 23.6. The molecule has 3 heterocycles. The van der Waals surface area contributed by atoms with Crippen LogP contribution in [-0.4, -0.2) is 28.2 Å². The molecule has 3 unspecified atom stereocenters. The third-order valence-corrected chi connectivity index (χ3v) is 8.24. The van der Waals surface area contributed by atoms with Crippen LogP contribution in [0.4, 0.5) is 14.5 Å². The molecule has 2 bridgehead atoms. The van der Waals surface area contributed by atoms with Crippen molar-refractivity contribution in [3.05, 3.63) is 88.2 Å². The van der Waals surface area contributed by atoms with Crippen LogP contribution in [0.2, 0.25) is 5.02 Å². The first-order valence-corrected chi connectivity index (χ1v) is 14.1. The number of fused-ring (bicyclic) bond motifs is 4. The summed E-state index contributed by atoms with van der Waals surface area (Å²) in [4.78, 5) is 33.0. The fraction of sp³-hybridized carbons (Fsp3) is 0.344. The molecule has 0 fully saturated rings. The molecule has 5 nitrogen and oxygen atoms in total. The van der Waals surface area contributed by atoms with Gasteiger partial charge in [0.2, 0.25) is 11.8 Å². The number of nitrogens with one attached hydrogen (secondary N) is 1. The van der Waals surface area contributed by atoms with Crippen molar-refractivity contribution in [2.45, 2.75) is 52.5 Å². The average molecular weight is 564 g/mol. The first kappa shape index (κ1) is 28.0. The van der Waals surface area contributed by atoms with Gasteiger partial charge in [-0.3, -0.25) is 14.6 Å². The summed E-state index contributed by atoms with van der Waals surface area (Å²) in [5.41, 5.74) is 4.32. The summed E-state index contributed by atoms with van der Waals surface area (Å²) in [6.07, 6.45) is 6.01. The lowest BCUT2D eigenvalue weighted by atomic mass is 9.87. The van der Waals surface area contributed by atoms with Gasteiger partial charge in [-0.15, -0.1) is 0 Å². The summed E-state index contributed by atoms with van der Waals surface area (Å²) in [5, 5.41) is 2.93. The van der Waals surface area contributed by atoms with E-state index in [2.05, 4.69) is 10.3 Å². The van der Waals surface area contributed by atoms with Gasteiger partial charge < -0.3 is 10.2 Å². The van der Waals surface area contributed by atoms with Crippen LogP contribution in [0, 0.1) is 30.4 Å². The maximum Gasteiger partial charge on any atom is 0.247 e. The van der Waals surface area contributed by atoms with E-state index in [0.29, 0.717) is 18.4 Å². The normalized spacial score (nSPS) is 21.9. The Kier molecular flexibility index (Phi) is 8.04. The second-order valence-electron chi connectivity index (χ2n) is 10.9. The molecule has 2 amide bonds. The van der Waals surface area contributed by atoms with Gasteiger partial charge in [0.25, 0.3) is 0 Å². The number of carbonyl (C=O) groups excluding carboxylic acids is 2. The zero-order valence-electron chi connectivity index (χ0n) is 22.8. The highest BCUT2D eigenvalue weighted by molar-refractivity contribution is 6.31. The average Bonchev–Trinajstić information content (AvgIpc) is 2.93. The minimum absolute atomic E-state index is 0.0184. The molecule has 0 saturated carbocycles. The van der Waals surface area contributed by atoms with Gasteiger partial charge in [0.1, 0.15) is 5.82 Å². The smallest absolute Gasteiger partial charge is 0.247 e. The van der Waals surface area contributed by atoms with Crippen LogP contribution < -0.4 is 5.32 Å². The standard InChI is InChI=1S/C32H32ClF2N3O2/c1-18-8-9-22-21-12-13-36-27(15-21)28(7-5-4-6-19(2)32(40)37-26(22)14-18)38-17-20(3)23(16-29(38)39)30-25(34)11-10-24(33)31(30)35/h8-16,19-20,28H,4-7,17H2,1-3H3,(H,37,40). The van der Waals surface area contributed by atoms with Crippen molar-refractivity contribution < 1.29 is 18.4 Å². The van der Waals surface area contributed by atoms with Crippen LogP contribution in [0.3, 0.4) is 0 Å². The van der Waals surface area contributed by atoms with E-state index in [1.54, 1.807) is 11.1 Å². The van der Waals surface area contributed by atoms with Crippen molar-refractivity contribution in [3.8, 4) is 11.1 Å². The molecule has 0 aliphatic carbocycles. The predicted octanol–water partition coefficient (Wildman–Crippen LogP) is 7.74. The van der Waals surface area contributed by atoms with E-state index in [1.165, 1.54) is 12.1 Å². The number of rotatable bonds is 2. The Balaban J connectivity index is 1.55. The molecule has 0 radical (unpaired) electrons. The lowest BCUT2D eigenvalue weighted by molar-refractivity contribution is -0.129. The summed E-state index contributed by atoms with van der Waals surface area (Å²) >= 11 is 5.94. The Morgan fingerprint density at radius 1 is 1.00 bits per heavy atom. The molecule has 0 saturated heterocycles. The van der Waals surface area contributed by atoms with Gasteiger partial charge in [-0.2, -0.15) is 0 Å². The van der Waals surface area contributed by atoms with Crippen molar-refractivity contribution in [3.63, 3.8) is 0 Å². The molecule has 1 N–H and O–H groups in total. The number of hydrogen-bond acceptors (Lipinski definition) is 3. The van der Waals surface area contributed by atoms with Crippen molar-refractivity contribution in [1.29, 1.82) is 0 Å². The fourth-order valence-corrected chi connectivity index (χ4v) is 5.84. The van der Waals surface area contributed by atoms with Crippen LogP contribution in [-0.2, 0) is 9.59 Å². The quantitative estimate of drug-likeness (QED) is 0.324. The van der Waals surface area contributed by atoms with Gasteiger partial charge in [-0.25, -0.2) is 8.78 Å². The molecule has 8 heteroatoms. The van der Waals surface area contributed by atoms with Gasteiger partial charge in [-0.1, -0.05) is 50.4 Å². The van der Waals surface area contributed by atoms with E-state index >= 15 is 0 Å². The highest BCUT2D eigenvalue weighted by Crippen LogP contribution is 2.39. The second-order valence-corrected chi connectivity index (χ2v) is 11.3. The Morgan fingerprint density at radius 2 is 1.77 bits per heavy atom. The molecule has 40 heavy (non-hydrogen) atoms. The van der Waals surface area contributed by atoms with E-state index < -0.39 is 11.6 Å². The topological polar surface area (TPSA) is 62.3 Å². The SMILES string of the molecule is Cc1ccc2c(c1)NC(=O)C(C)CCCCC(N1CC(C)C(c3c(F)ccc(Cl)c3F)=CC1=O)c1cc-2ccn1. The number of pyridine rings is 1. The van der Waals surface area contributed by atoms with Gasteiger partial charge in [0.05, 0.1) is 22.3 Å². The van der Waals surface area contributed by atoms with Crippen LogP contribution in [0.1, 0.15) is 62.4 Å². The number of nitrogens with zero attached hydrogens (tertiary/aromatic N) is 2. The van der Waals surface area contributed by atoms with Crippen molar-refractivity contribution in [2.75, 3.05) is 11.9 Å². The molecule has 2 aliphatic rings. The molecular weight excluding hydrogens is 532 g/mol. The third kappa shape index (κ3) is 5.52. The summed E-state index contributed by atoms with van der Waals surface area (Å²) < 4.78 is 29.6. The van der Waals surface area contributed by atoms with E-state index in [1.807, 2.05) is 51.1 Å². The maximum atomic E-state index is 14.9. The van der Waals surface area contributed by atoms with Gasteiger partial charge in [0.15, 0.2) is 5.82 Å². The number of amides is 2. The first-order valence-electron chi connectivity index (χ1n) is 13.7. The van der Waals surface area contributed by atoms with Crippen LogP contribution in [0.25, 0.3) is 16.7 Å². The van der Waals surface area contributed by atoms with Crippen LogP contribution in [0.5, 0.6) is 0 Å². The van der Waals surface area contributed by atoms with E-state index in [9.17, 15) is 18.4 Å². The Bertz CT molecular complexity index is 1510. The number of anilines is 1. The monoisotopic (exact) mass is 563 g/mol. The minimum Gasteiger partial charge on any atom is -0.330 e. The van der Waals surface area contributed by atoms with Crippen molar-refractivity contribution >= 4 is 34.7 Å². The molecule has 0 spiro atoms. The van der Waals surface area contributed by atoms with Gasteiger partial charge in [0, 0.05) is 36.0 Å². The minimum atomic E-state index is -0.858. The zero-order chi connectivity index (χ0) is 28.6. The maximum absolute atomic E-state index is 14.9. The summed E-state index contributed by atoms with van der Waals surface area (Å²) in [6, 6.07) is 11.8. The lowest BCUT2D eigenvalue weighted by Gasteiger charge is -2.37. The highest BCUT2D eigenvalue weighted by Gasteiger charge is 2.34. The Labute approximate surface area is 238 Å². The summed E-state index contributed by atoms with van der Waals surface area (Å²) in [6.45, 7) is 6.04. The molecule has 5 rings (SSSR count). The fourth-order valence-electron chi connectivity index (χ4n) is 5.68. The largest absolute Gasteiger partial charge is 0.330 e.